The fourth-order valence-corrected chi connectivity index (χ4v) is 1.56. The van der Waals surface area contributed by atoms with Crippen molar-refractivity contribution in [2.45, 2.75) is 12.8 Å². The van der Waals surface area contributed by atoms with Gasteiger partial charge in [0.1, 0.15) is 19.0 Å². The number of phenols is 1. The third kappa shape index (κ3) is 3.84. The molecule has 108 valence electrons. The lowest BCUT2D eigenvalue weighted by Gasteiger charge is -2.04. The van der Waals surface area contributed by atoms with Gasteiger partial charge in [-0.2, -0.15) is 18.2 Å². The Labute approximate surface area is 115 Å². The molecule has 0 unspecified atom stereocenters. The lowest BCUT2D eigenvalue weighted by atomic mass is 10.2. The van der Waals surface area contributed by atoms with E-state index < -0.39 is 19.4 Å². The highest BCUT2D eigenvalue weighted by atomic mass is 35.5. The third-order valence-corrected chi connectivity index (χ3v) is 2.47. The summed E-state index contributed by atoms with van der Waals surface area (Å²) in [6, 6.07) is 4.10. The predicted molar refractivity (Wildman–Crippen MR) is 62.1 cm³/mol. The van der Waals surface area contributed by atoms with Crippen molar-refractivity contribution in [1.29, 1.82) is 0 Å². The Morgan fingerprint density at radius 1 is 1.35 bits per heavy atom. The maximum atomic E-state index is 11.9. The van der Waals surface area contributed by atoms with E-state index in [0.717, 1.165) is 0 Å². The van der Waals surface area contributed by atoms with E-state index in [0.29, 0.717) is 0 Å². The highest BCUT2D eigenvalue weighted by Gasteiger charge is 2.27. The van der Waals surface area contributed by atoms with E-state index in [9.17, 15) is 18.3 Å². The van der Waals surface area contributed by atoms with Crippen LogP contribution in [0.3, 0.4) is 0 Å². The number of halogens is 4. The van der Waals surface area contributed by atoms with E-state index in [-0.39, 0.29) is 28.1 Å². The number of aromatic nitrogens is 2. The second-order valence-corrected chi connectivity index (χ2v) is 4.20. The van der Waals surface area contributed by atoms with Crippen molar-refractivity contribution in [3.8, 4) is 17.2 Å². The number of aromatic hydroxyl groups is 1. The van der Waals surface area contributed by atoms with Gasteiger partial charge in [-0.25, -0.2) is 0 Å². The smallest absolute Gasteiger partial charge is 0.411 e. The molecule has 5 nitrogen and oxygen atoms in total. The molecule has 0 aliphatic heterocycles. The van der Waals surface area contributed by atoms with Gasteiger partial charge >= 0.3 is 6.18 Å². The van der Waals surface area contributed by atoms with Gasteiger partial charge in [0.15, 0.2) is 5.82 Å². The summed E-state index contributed by atoms with van der Waals surface area (Å²) >= 11 is 5.89. The monoisotopic (exact) mass is 308 g/mol. The molecular formula is C11H8ClF3N2O3. The zero-order chi connectivity index (χ0) is 14.8. The van der Waals surface area contributed by atoms with Gasteiger partial charge in [0.05, 0.1) is 10.6 Å². The van der Waals surface area contributed by atoms with Crippen LogP contribution in [-0.2, 0) is 11.3 Å². The van der Waals surface area contributed by atoms with Gasteiger partial charge < -0.3 is 14.4 Å². The molecule has 1 heterocycles. The SMILES string of the molecule is Oc1ccc(Cl)c(-c2nc(COCC(F)(F)F)no2)c1. The fourth-order valence-electron chi connectivity index (χ4n) is 1.36. The number of phenolic OH excluding ortho intramolecular Hbond substituents is 1. The summed E-state index contributed by atoms with van der Waals surface area (Å²) in [5.74, 6) is -0.127. The maximum Gasteiger partial charge on any atom is 0.411 e. The molecule has 0 atom stereocenters. The van der Waals surface area contributed by atoms with Crippen LogP contribution in [-0.4, -0.2) is 28.0 Å². The first-order valence-corrected chi connectivity index (χ1v) is 5.69. The fraction of sp³-hybridized carbons (Fsp3) is 0.273. The van der Waals surface area contributed by atoms with Gasteiger partial charge in [-0.1, -0.05) is 16.8 Å². The first-order valence-electron chi connectivity index (χ1n) is 5.31. The van der Waals surface area contributed by atoms with Crippen molar-refractivity contribution in [2.24, 2.45) is 0 Å². The second kappa shape index (κ2) is 5.68. The quantitative estimate of drug-likeness (QED) is 0.939. The van der Waals surface area contributed by atoms with Gasteiger partial charge in [0.25, 0.3) is 5.89 Å². The van der Waals surface area contributed by atoms with Crippen LogP contribution in [0.25, 0.3) is 11.5 Å². The summed E-state index contributed by atoms with van der Waals surface area (Å²) in [5, 5.41) is 13.1. The molecule has 0 bridgehead atoms. The summed E-state index contributed by atoms with van der Waals surface area (Å²) in [5.41, 5.74) is 0.279. The number of hydrogen-bond acceptors (Lipinski definition) is 5. The van der Waals surface area contributed by atoms with Gasteiger partial charge in [-0.05, 0) is 18.2 Å². The Hall–Kier alpha value is -1.80. The molecule has 1 N–H and O–H groups in total. The number of ether oxygens (including phenoxy) is 1. The zero-order valence-electron chi connectivity index (χ0n) is 9.82. The van der Waals surface area contributed by atoms with Crippen LogP contribution in [0.1, 0.15) is 5.82 Å². The average molecular weight is 309 g/mol. The second-order valence-electron chi connectivity index (χ2n) is 3.79. The summed E-state index contributed by atoms with van der Waals surface area (Å²) in [6.07, 6.45) is -4.42. The molecule has 2 rings (SSSR count). The van der Waals surface area contributed by atoms with Crippen LogP contribution in [0.5, 0.6) is 5.75 Å². The Morgan fingerprint density at radius 3 is 2.80 bits per heavy atom. The molecule has 0 aliphatic carbocycles. The number of hydrogen-bond donors (Lipinski definition) is 1. The van der Waals surface area contributed by atoms with Crippen molar-refractivity contribution in [3.05, 3.63) is 29.0 Å². The van der Waals surface area contributed by atoms with Gasteiger partial charge in [0, 0.05) is 0 Å². The minimum Gasteiger partial charge on any atom is -0.508 e. The lowest BCUT2D eigenvalue weighted by molar-refractivity contribution is -0.177. The van der Waals surface area contributed by atoms with Crippen LogP contribution < -0.4 is 0 Å². The van der Waals surface area contributed by atoms with Crippen molar-refractivity contribution < 1.29 is 27.5 Å². The van der Waals surface area contributed by atoms with Crippen LogP contribution in [0.15, 0.2) is 22.7 Å². The largest absolute Gasteiger partial charge is 0.508 e. The molecule has 1 aromatic heterocycles. The summed E-state index contributed by atoms with van der Waals surface area (Å²) in [4.78, 5) is 3.84. The molecule has 0 fully saturated rings. The standard InChI is InChI=1S/C11H8ClF3N2O3/c12-8-2-1-6(18)3-7(8)10-16-9(17-20-10)4-19-5-11(13,14)15/h1-3,18H,4-5H2. The van der Waals surface area contributed by atoms with Crippen LogP contribution in [0.4, 0.5) is 13.2 Å². The average Bonchev–Trinajstić information content (AvgIpc) is 2.79. The van der Waals surface area contributed by atoms with E-state index in [1.165, 1.54) is 18.2 Å². The lowest BCUT2D eigenvalue weighted by Crippen LogP contribution is -2.16. The Balaban J connectivity index is 2.07. The van der Waals surface area contributed by atoms with E-state index in [1.807, 2.05) is 0 Å². The number of rotatable bonds is 4. The summed E-state index contributed by atoms with van der Waals surface area (Å²) < 4.78 is 44.9. The predicted octanol–water partition coefficient (Wildman–Crippen LogP) is 3.17. The van der Waals surface area contributed by atoms with Crippen molar-refractivity contribution in [3.63, 3.8) is 0 Å². The molecule has 1 aromatic carbocycles. The zero-order valence-corrected chi connectivity index (χ0v) is 10.6. The van der Waals surface area contributed by atoms with Crippen molar-refractivity contribution in [2.75, 3.05) is 6.61 Å². The normalized spacial score (nSPS) is 11.8. The highest BCUT2D eigenvalue weighted by Crippen LogP contribution is 2.29. The van der Waals surface area contributed by atoms with Gasteiger partial charge in [-0.15, -0.1) is 0 Å². The highest BCUT2D eigenvalue weighted by molar-refractivity contribution is 6.33. The van der Waals surface area contributed by atoms with E-state index in [2.05, 4.69) is 14.9 Å². The van der Waals surface area contributed by atoms with E-state index in [1.54, 1.807) is 0 Å². The molecular weight excluding hydrogens is 301 g/mol. The number of alkyl halides is 3. The molecule has 0 spiro atoms. The first-order chi connectivity index (χ1) is 9.35. The minimum atomic E-state index is -4.42. The third-order valence-electron chi connectivity index (χ3n) is 2.15. The Morgan fingerprint density at radius 2 is 2.10 bits per heavy atom. The summed E-state index contributed by atoms with van der Waals surface area (Å²) in [6.45, 7) is -1.84. The molecule has 9 heteroatoms. The molecule has 0 saturated heterocycles. The van der Waals surface area contributed by atoms with Crippen LogP contribution in [0, 0.1) is 0 Å². The van der Waals surface area contributed by atoms with Crippen LogP contribution in [0.2, 0.25) is 5.02 Å². The van der Waals surface area contributed by atoms with E-state index in [4.69, 9.17) is 16.1 Å². The first kappa shape index (κ1) is 14.6. The van der Waals surface area contributed by atoms with Crippen molar-refractivity contribution >= 4 is 11.6 Å². The van der Waals surface area contributed by atoms with Crippen molar-refractivity contribution in [1.82, 2.24) is 10.1 Å². The topological polar surface area (TPSA) is 68.4 Å². The van der Waals surface area contributed by atoms with Gasteiger partial charge in [-0.3, -0.25) is 0 Å². The molecule has 0 saturated carbocycles. The minimum absolute atomic E-state index is 0.0171. The molecule has 0 aliphatic rings. The molecule has 20 heavy (non-hydrogen) atoms. The van der Waals surface area contributed by atoms with Crippen LogP contribution >= 0.6 is 11.6 Å². The number of nitrogens with zero attached hydrogens (tertiary/aromatic N) is 2. The van der Waals surface area contributed by atoms with E-state index >= 15 is 0 Å². The summed E-state index contributed by atoms with van der Waals surface area (Å²) in [7, 11) is 0. The maximum absolute atomic E-state index is 11.9. The Kier molecular flexibility index (Phi) is 4.15. The molecule has 0 radical (unpaired) electrons. The Bertz CT molecular complexity index is 601. The van der Waals surface area contributed by atoms with Gasteiger partial charge in [0.2, 0.25) is 0 Å². The number of benzene rings is 1. The molecule has 0 amide bonds. The molecule has 2 aromatic rings.